The van der Waals surface area contributed by atoms with Crippen molar-refractivity contribution in [3.05, 3.63) is 50.8 Å². The van der Waals surface area contributed by atoms with Crippen molar-refractivity contribution < 1.29 is 4.92 Å². The molecule has 1 aromatic carbocycles. The van der Waals surface area contributed by atoms with Gasteiger partial charge in [0.1, 0.15) is 0 Å². The third-order valence-corrected chi connectivity index (χ3v) is 3.01. The summed E-state index contributed by atoms with van der Waals surface area (Å²) in [6.07, 6.45) is 0. The van der Waals surface area contributed by atoms with E-state index < -0.39 is 16.2 Å². The van der Waals surface area contributed by atoms with Gasteiger partial charge in [0.05, 0.1) is 4.92 Å². The first-order valence-electron chi connectivity index (χ1n) is 4.85. The summed E-state index contributed by atoms with van der Waals surface area (Å²) in [5.41, 5.74) is 3.92. The average Bonchev–Trinajstić information content (AvgIpc) is 2.28. The highest BCUT2D eigenvalue weighted by molar-refractivity contribution is 7.99. The number of hydrogen-bond acceptors (Lipinski definition) is 6. The van der Waals surface area contributed by atoms with E-state index in [0.717, 1.165) is 16.7 Å². The van der Waals surface area contributed by atoms with Gasteiger partial charge < -0.3 is 5.73 Å². The summed E-state index contributed by atoms with van der Waals surface area (Å²) in [6, 6.07) is 8.90. The smallest absolute Gasteiger partial charge is 0.366 e. The van der Waals surface area contributed by atoms with Crippen LogP contribution in [0.1, 0.15) is 0 Å². The summed E-state index contributed by atoms with van der Waals surface area (Å²) in [6.45, 7) is 0. The topological polar surface area (TPSA) is 115 Å². The monoisotopic (exact) mass is 264 g/mol. The first-order valence-corrected chi connectivity index (χ1v) is 5.66. The third kappa shape index (κ3) is 2.48. The zero-order chi connectivity index (χ0) is 13.1. The molecule has 7 nitrogen and oxygen atoms in total. The number of aromatic nitrogens is 2. The van der Waals surface area contributed by atoms with Crippen molar-refractivity contribution in [1.29, 1.82) is 0 Å². The average molecular weight is 264 g/mol. The lowest BCUT2D eigenvalue weighted by Crippen LogP contribution is -2.16. The van der Waals surface area contributed by atoms with E-state index in [9.17, 15) is 14.9 Å². The largest absolute Gasteiger partial charge is 0.369 e. The predicted octanol–water partition coefficient (Wildman–Crippen LogP) is 1.41. The summed E-state index contributed by atoms with van der Waals surface area (Å²) >= 11 is 1.02. The van der Waals surface area contributed by atoms with E-state index in [4.69, 9.17) is 5.73 Å². The van der Waals surface area contributed by atoms with Crippen molar-refractivity contribution >= 4 is 23.4 Å². The standard InChI is InChI=1S/C10H8N4O3S/c11-10-12-8(15)7(14(16)17)9(13-10)18-6-4-2-1-3-5-6/h1-5H,(H3,11,12,13,15). The Hall–Kier alpha value is -2.35. The number of nitro groups is 1. The number of rotatable bonds is 3. The maximum Gasteiger partial charge on any atom is 0.366 e. The Labute approximate surface area is 105 Å². The molecule has 0 aliphatic heterocycles. The number of nitrogen functional groups attached to an aromatic ring is 1. The highest BCUT2D eigenvalue weighted by Gasteiger charge is 2.22. The van der Waals surface area contributed by atoms with Gasteiger partial charge in [-0.1, -0.05) is 30.0 Å². The summed E-state index contributed by atoms with van der Waals surface area (Å²) in [5, 5.41) is 10.8. The second-order valence-corrected chi connectivity index (χ2v) is 4.34. The lowest BCUT2D eigenvalue weighted by atomic mass is 10.4. The minimum atomic E-state index is -0.856. The van der Waals surface area contributed by atoms with Gasteiger partial charge in [0.25, 0.3) is 0 Å². The number of hydrogen-bond donors (Lipinski definition) is 2. The van der Waals surface area contributed by atoms with Crippen LogP contribution in [0.3, 0.4) is 0 Å². The van der Waals surface area contributed by atoms with Crippen LogP contribution in [-0.4, -0.2) is 14.9 Å². The van der Waals surface area contributed by atoms with Gasteiger partial charge in [-0.25, -0.2) is 4.98 Å². The van der Waals surface area contributed by atoms with E-state index in [0.29, 0.717) is 0 Å². The quantitative estimate of drug-likeness (QED) is 0.492. The number of aromatic amines is 1. The predicted molar refractivity (Wildman–Crippen MR) is 66.5 cm³/mol. The molecule has 92 valence electrons. The maximum atomic E-state index is 11.5. The zero-order valence-corrected chi connectivity index (χ0v) is 9.81. The molecule has 18 heavy (non-hydrogen) atoms. The molecule has 2 rings (SSSR count). The number of benzene rings is 1. The van der Waals surface area contributed by atoms with E-state index in [1.54, 1.807) is 24.3 Å². The summed E-state index contributed by atoms with van der Waals surface area (Å²) in [5.74, 6) is -0.149. The molecule has 0 unspecified atom stereocenters. The van der Waals surface area contributed by atoms with Gasteiger partial charge in [0.2, 0.25) is 5.95 Å². The first kappa shape index (κ1) is 12.1. The maximum absolute atomic E-state index is 11.5. The van der Waals surface area contributed by atoms with Crippen LogP contribution in [-0.2, 0) is 0 Å². The number of nitrogens with zero attached hydrogens (tertiary/aromatic N) is 2. The zero-order valence-electron chi connectivity index (χ0n) is 8.99. The molecule has 8 heteroatoms. The van der Waals surface area contributed by atoms with Gasteiger partial charge in [-0.15, -0.1) is 0 Å². The minimum absolute atomic E-state index is 0.0209. The van der Waals surface area contributed by atoms with Gasteiger partial charge in [0, 0.05) is 4.90 Å². The Morgan fingerprint density at radius 2 is 2.00 bits per heavy atom. The van der Waals surface area contributed by atoms with E-state index in [2.05, 4.69) is 9.97 Å². The van der Waals surface area contributed by atoms with Crippen molar-refractivity contribution in [2.45, 2.75) is 9.92 Å². The van der Waals surface area contributed by atoms with Crippen molar-refractivity contribution in [3.8, 4) is 0 Å². The normalized spacial score (nSPS) is 10.2. The van der Waals surface area contributed by atoms with Crippen molar-refractivity contribution in [3.63, 3.8) is 0 Å². The SMILES string of the molecule is Nc1nc(Sc2ccccc2)c([N+](=O)[O-])c(=O)[nH]1. The van der Waals surface area contributed by atoms with E-state index in [-0.39, 0.29) is 11.0 Å². The van der Waals surface area contributed by atoms with Crippen LogP contribution in [0.5, 0.6) is 0 Å². The van der Waals surface area contributed by atoms with Gasteiger partial charge in [-0.2, -0.15) is 0 Å². The van der Waals surface area contributed by atoms with Crippen LogP contribution in [0.4, 0.5) is 11.6 Å². The van der Waals surface area contributed by atoms with Crippen LogP contribution in [0, 0.1) is 10.1 Å². The molecule has 0 fully saturated rings. The third-order valence-electron chi connectivity index (χ3n) is 2.02. The van der Waals surface area contributed by atoms with E-state index in [1.807, 2.05) is 6.07 Å². The highest BCUT2D eigenvalue weighted by atomic mass is 32.2. The van der Waals surface area contributed by atoms with E-state index in [1.165, 1.54) is 0 Å². The summed E-state index contributed by atoms with van der Waals surface area (Å²) in [4.78, 5) is 28.2. The molecule has 3 N–H and O–H groups in total. The molecule has 0 spiro atoms. The number of H-pyrrole nitrogens is 1. The van der Waals surface area contributed by atoms with Crippen LogP contribution in [0.2, 0.25) is 0 Å². The molecule has 2 aromatic rings. The van der Waals surface area contributed by atoms with Crippen LogP contribution in [0.25, 0.3) is 0 Å². The Bertz CT molecular complexity index is 641. The second kappa shape index (κ2) is 4.88. The van der Waals surface area contributed by atoms with Gasteiger partial charge >= 0.3 is 11.2 Å². The van der Waals surface area contributed by atoms with Crippen molar-refractivity contribution in [2.75, 3.05) is 5.73 Å². The molecule has 1 heterocycles. The van der Waals surface area contributed by atoms with Gasteiger partial charge in [-0.3, -0.25) is 19.9 Å². The Morgan fingerprint density at radius 3 is 2.61 bits per heavy atom. The molecule has 1 aromatic heterocycles. The first-order chi connectivity index (χ1) is 8.58. The lowest BCUT2D eigenvalue weighted by Gasteiger charge is -2.02. The molecule has 0 aliphatic rings. The summed E-state index contributed by atoms with van der Waals surface area (Å²) in [7, 11) is 0. The summed E-state index contributed by atoms with van der Waals surface area (Å²) < 4.78 is 0. The van der Waals surface area contributed by atoms with Gasteiger partial charge in [0.15, 0.2) is 5.03 Å². The Morgan fingerprint density at radius 1 is 1.33 bits per heavy atom. The number of anilines is 1. The second-order valence-electron chi connectivity index (χ2n) is 3.28. The molecule has 0 bridgehead atoms. The van der Waals surface area contributed by atoms with E-state index >= 15 is 0 Å². The molecule has 0 saturated carbocycles. The van der Waals surface area contributed by atoms with Crippen molar-refractivity contribution in [2.24, 2.45) is 0 Å². The van der Waals surface area contributed by atoms with Gasteiger partial charge in [-0.05, 0) is 12.1 Å². The van der Waals surface area contributed by atoms with Crippen LogP contribution >= 0.6 is 11.8 Å². The number of nitrogens with one attached hydrogen (secondary N) is 1. The minimum Gasteiger partial charge on any atom is -0.369 e. The number of nitrogens with two attached hydrogens (primary N) is 1. The molecule has 0 atom stereocenters. The molecule has 0 radical (unpaired) electrons. The molecule has 0 saturated heterocycles. The Balaban J connectivity index is 2.50. The molecule has 0 aliphatic carbocycles. The van der Waals surface area contributed by atoms with Crippen LogP contribution in [0.15, 0.2) is 45.0 Å². The lowest BCUT2D eigenvalue weighted by molar-refractivity contribution is -0.389. The Kier molecular flexibility index (Phi) is 3.28. The fraction of sp³-hybridized carbons (Fsp3) is 0. The molecule has 0 amide bonds. The highest BCUT2D eigenvalue weighted by Crippen LogP contribution is 2.30. The molecular weight excluding hydrogens is 256 g/mol. The fourth-order valence-corrected chi connectivity index (χ4v) is 2.22. The fourth-order valence-electron chi connectivity index (χ4n) is 1.30. The van der Waals surface area contributed by atoms with Crippen LogP contribution < -0.4 is 11.3 Å². The van der Waals surface area contributed by atoms with Crippen molar-refractivity contribution in [1.82, 2.24) is 9.97 Å². The molecular formula is C10H8N4O3S.